The van der Waals surface area contributed by atoms with E-state index in [1.54, 1.807) is 4.90 Å². The number of carbonyl (C=O) groups excluding carboxylic acids is 4. The monoisotopic (exact) mass is 547 g/mol. The van der Waals surface area contributed by atoms with Crippen LogP contribution in [-0.2, 0) is 19.2 Å². The molecule has 0 radical (unpaired) electrons. The van der Waals surface area contributed by atoms with Crippen LogP contribution in [0.3, 0.4) is 0 Å². The van der Waals surface area contributed by atoms with Gasteiger partial charge in [0.05, 0.1) is 6.07 Å². The van der Waals surface area contributed by atoms with Crippen molar-refractivity contribution in [3.05, 3.63) is 35.9 Å². The van der Waals surface area contributed by atoms with Crippen LogP contribution in [0.25, 0.3) is 0 Å². The number of nitriles is 1. The van der Waals surface area contributed by atoms with E-state index in [9.17, 15) is 24.4 Å². The van der Waals surface area contributed by atoms with E-state index in [0.29, 0.717) is 19.5 Å². The highest BCUT2D eigenvalue weighted by atomic mass is 16.2. The molecule has 2 aliphatic heterocycles. The van der Waals surface area contributed by atoms with E-state index in [-0.39, 0.29) is 65.1 Å². The van der Waals surface area contributed by atoms with Gasteiger partial charge in [0, 0.05) is 24.9 Å². The molecule has 8 atom stereocenters. The van der Waals surface area contributed by atoms with Crippen molar-refractivity contribution in [3.63, 3.8) is 0 Å². The lowest BCUT2D eigenvalue weighted by Crippen LogP contribution is -2.60. The second kappa shape index (κ2) is 10.2. The molecule has 8 unspecified atom stereocenters. The lowest BCUT2D eigenvalue weighted by molar-refractivity contribution is -0.145. The lowest BCUT2D eigenvalue weighted by Gasteiger charge is -2.38. The number of benzene rings is 1. The predicted octanol–water partition coefficient (Wildman–Crippen LogP) is 2.34. The average molecular weight is 548 g/mol. The molecule has 4 fully saturated rings. The Labute approximate surface area is 236 Å². The van der Waals surface area contributed by atoms with Gasteiger partial charge in [-0.05, 0) is 53.4 Å². The van der Waals surface area contributed by atoms with Gasteiger partial charge in [-0.15, -0.1) is 0 Å². The quantitative estimate of drug-likeness (QED) is 0.460. The Morgan fingerprint density at radius 2 is 1.85 bits per heavy atom. The van der Waals surface area contributed by atoms with Gasteiger partial charge in [-0.2, -0.15) is 5.26 Å². The van der Waals surface area contributed by atoms with Crippen molar-refractivity contribution >= 4 is 23.6 Å². The number of likely N-dealkylation sites (tertiary alicyclic amines) is 1. The molecule has 40 heavy (non-hydrogen) atoms. The zero-order valence-electron chi connectivity index (χ0n) is 24.1. The van der Waals surface area contributed by atoms with E-state index < -0.39 is 23.5 Å². The van der Waals surface area contributed by atoms with Gasteiger partial charge < -0.3 is 20.9 Å². The Balaban J connectivity index is 1.30. The van der Waals surface area contributed by atoms with Crippen molar-refractivity contribution in [3.8, 4) is 6.07 Å². The molecule has 2 heterocycles. The smallest absolute Gasteiger partial charge is 0.246 e. The first-order chi connectivity index (χ1) is 18.8. The van der Waals surface area contributed by atoms with Crippen LogP contribution < -0.4 is 16.0 Å². The molecule has 3 N–H and O–H groups in total. The molecule has 2 aliphatic carbocycles. The topological polar surface area (TPSA) is 131 Å². The summed E-state index contributed by atoms with van der Waals surface area (Å²) in [5.74, 6) is -1.01. The first-order valence-corrected chi connectivity index (χ1v) is 14.5. The Kier molecular flexibility index (Phi) is 7.18. The molecule has 9 heteroatoms. The minimum Gasteiger partial charge on any atom is -0.356 e. The van der Waals surface area contributed by atoms with Gasteiger partial charge in [-0.3, -0.25) is 19.2 Å². The SMILES string of the molecule is CC(C)(C)C(NC(=O)C1CC1c1ccccc1)C(=O)N1CC2C(C1C(=O)NC(C#N)CC1CCNC1=O)C2(C)C. The molecular formula is C31H41N5O4. The minimum absolute atomic E-state index is 0.0206. The van der Waals surface area contributed by atoms with Crippen molar-refractivity contribution in [2.24, 2.45) is 34.5 Å². The standard InChI is InChI=1S/C31H41N5O4/c1-30(2,3)25(35-27(38)21-14-20(21)17-9-7-6-8-10-17)29(40)36-16-22-23(31(22,4)5)24(36)28(39)34-19(15-32)13-18-11-12-33-26(18)37/h6-10,18-25H,11-14,16H2,1-5H3,(H,33,37)(H,34,39)(H,35,38). The summed E-state index contributed by atoms with van der Waals surface area (Å²) < 4.78 is 0. The number of carbonyl (C=O) groups is 4. The lowest BCUT2D eigenvalue weighted by atomic mass is 9.85. The fourth-order valence-corrected chi connectivity index (χ4v) is 6.99. The Morgan fingerprint density at radius 3 is 2.45 bits per heavy atom. The molecular weight excluding hydrogens is 506 g/mol. The van der Waals surface area contributed by atoms with Gasteiger partial charge in [0.25, 0.3) is 0 Å². The van der Waals surface area contributed by atoms with E-state index >= 15 is 0 Å². The predicted molar refractivity (Wildman–Crippen MR) is 148 cm³/mol. The first kappa shape index (κ1) is 28.1. The van der Waals surface area contributed by atoms with Crippen LogP contribution in [0.2, 0.25) is 0 Å². The van der Waals surface area contributed by atoms with Gasteiger partial charge in [0.2, 0.25) is 23.6 Å². The normalized spacial score (nSPS) is 31.3. The molecule has 1 aromatic rings. The number of nitrogens with zero attached hydrogens (tertiary/aromatic N) is 2. The van der Waals surface area contributed by atoms with Crippen LogP contribution in [0.5, 0.6) is 0 Å². The number of rotatable bonds is 8. The molecule has 0 bridgehead atoms. The fourth-order valence-electron chi connectivity index (χ4n) is 6.99. The molecule has 4 aliphatic rings. The van der Waals surface area contributed by atoms with Crippen LogP contribution in [-0.4, -0.2) is 59.7 Å². The third-order valence-corrected chi connectivity index (χ3v) is 9.67. The molecule has 4 amide bonds. The molecule has 214 valence electrons. The van der Waals surface area contributed by atoms with Crippen LogP contribution in [0.4, 0.5) is 0 Å². The summed E-state index contributed by atoms with van der Waals surface area (Å²) >= 11 is 0. The van der Waals surface area contributed by atoms with Crippen LogP contribution in [0.15, 0.2) is 30.3 Å². The first-order valence-electron chi connectivity index (χ1n) is 14.5. The summed E-state index contributed by atoms with van der Waals surface area (Å²) in [5, 5.41) is 18.4. The molecule has 2 saturated carbocycles. The van der Waals surface area contributed by atoms with Crippen molar-refractivity contribution in [2.45, 2.75) is 77.9 Å². The summed E-state index contributed by atoms with van der Waals surface area (Å²) in [6, 6.07) is 9.75. The summed E-state index contributed by atoms with van der Waals surface area (Å²) in [7, 11) is 0. The van der Waals surface area contributed by atoms with Gasteiger partial charge in [0.1, 0.15) is 18.1 Å². The number of hydrogen-bond acceptors (Lipinski definition) is 5. The van der Waals surface area contributed by atoms with E-state index in [1.807, 2.05) is 51.1 Å². The molecule has 0 aromatic heterocycles. The second-order valence-electron chi connectivity index (χ2n) is 13.8. The summed E-state index contributed by atoms with van der Waals surface area (Å²) in [4.78, 5) is 54.8. The number of nitrogens with one attached hydrogen (secondary N) is 3. The van der Waals surface area contributed by atoms with Gasteiger partial charge in [-0.1, -0.05) is 65.0 Å². The van der Waals surface area contributed by atoms with E-state index in [1.165, 1.54) is 0 Å². The largest absolute Gasteiger partial charge is 0.356 e. The molecule has 9 nitrogen and oxygen atoms in total. The van der Waals surface area contributed by atoms with Crippen LogP contribution >= 0.6 is 0 Å². The van der Waals surface area contributed by atoms with E-state index in [2.05, 4.69) is 35.9 Å². The van der Waals surface area contributed by atoms with Crippen molar-refractivity contribution in [1.82, 2.24) is 20.9 Å². The molecule has 5 rings (SSSR count). The third-order valence-electron chi connectivity index (χ3n) is 9.67. The zero-order chi connectivity index (χ0) is 29.0. The number of hydrogen-bond donors (Lipinski definition) is 3. The highest BCUT2D eigenvalue weighted by Gasteiger charge is 2.70. The highest BCUT2D eigenvalue weighted by Crippen LogP contribution is 2.65. The van der Waals surface area contributed by atoms with Crippen molar-refractivity contribution in [2.75, 3.05) is 13.1 Å². The fraction of sp³-hybridized carbons (Fsp3) is 0.645. The minimum atomic E-state index is -0.817. The maximum atomic E-state index is 14.1. The molecule has 1 aromatic carbocycles. The average Bonchev–Trinajstić information content (AvgIpc) is 3.66. The van der Waals surface area contributed by atoms with Gasteiger partial charge in [-0.25, -0.2) is 0 Å². The molecule has 0 spiro atoms. The Morgan fingerprint density at radius 1 is 1.15 bits per heavy atom. The van der Waals surface area contributed by atoms with Crippen molar-refractivity contribution in [1.29, 1.82) is 5.26 Å². The van der Waals surface area contributed by atoms with Crippen LogP contribution in [0.1, 0.15) is 65.4 Å². The zero-order valence-corrected chi connectivity index (χ0v) is 24.1. The highest BCUT2D eigenvalue weighted by molar-refractivity contribution is 5.95. The van der Waals surface area contributed by atoms with Gasteiger partial charge in [0.15, 0.2) is 0 Å². The maximum Gasteiger partial charge on any atom is 0.246 e. The van der Waals surface area contributed by atoms with Crippen molar-refractivity contribution < 1.29 is 19.2 Å². The maximum absolute atomic E-state index is 14.1. The Hall–Kier alpha value is -3.41. The Bertz CT molecular complexity index is 1230. The van der Waals surface area contributed by atoms with Crippen LogP contribution in [0, 0.1) is 45.8 Å². The number of fused-ring (bicyclic) bond motifs is 1. The van der Waals surface area contributed by atoms with Gasteiger partial charge >= 0.3 is 0 Å². The summed E-state index contributed by atoms with van der Waals surface area (Å²) in [6.45, 7) is 11.0. The molecule has 2 saturated heterocycles. The summed E-state index contributed by atoms with van der Waals surface area (Å²) in [6.07, 6.45) is 1.64. The number of amides is 4. The summed E-state index contributed by atoms with van der Waals surface area (Å²) in [5.41, 5.74) is 0.462. The number of piperidine rings is 1. The van der Waals surface area contributed by atoms with E-state index in [4.69, 9.17) is 0 Å². The third kappa shape index (κ3) is 5.21. The second-order valence-corrected chi connectivity index (χ2v) is 13.8. The van der Waals surface area contributed by atoms with E-state index in [0.717, 1.165) is 12.0 Å².